The minimum absolute atomic E-state index is 0.570. The third-order valence-corrected chi connectivity index (χ3v) is 11.4. The van der Waals surface area contributed by atoms with Gasteiger partial charge in [0.1, 0.15) is 5.69 Å². The van der Waals surface area contributed by atoms with Crippen molar-refractivity contribution in [3.63, 3.8) is 0 Å². The summed E-state index contributed by atoms with van der Waals surface area (Å²) in [6.45, 7) is 7.10. The molecule has 9 rings (SSSR count). The number of rotatable bonds is 6. The minimum Gasteiger partial charge on any atom is -0.368 e. The fourth-order valence-electron chi connectivity index (χ4n) is 9.93. The number of likely N-dealkylation sites (tertiary alicyclic amines) is 1. The van der Waals surface area contributed by atoms with Crippen LogP contribution >= 0.6 is 0 Å². The Morgan fingerprint density at radius 3 is 2.26 bits per heavy atom. The van der Waals surface area contributed by atoms with Crippen molar-refractivity contribution in [3.05, 3.63) is 36.2 Å². The van der Waals surface area contributed by atoms with E-state index in [2.05, 4.69) is 49.8 Å². The Morgan fingerprint density at radius 2 is 1.61 bits per heavy atom. The molecule has 1 unspecified atom stereocenters. The van der Waals surface area contributed by atoms with E-state index in [1.807, 2.05) is 24.9 Å². The number of hydrogen-bond acceptors (Lipinski definition) is 5. The molecule has 6 nitrogen and oxygen atoms in total. The number of benzene rings is 1. The standard InChI is InChI=1S/C32H42N6/c1-21-28(19-37(2)36-21)29-26-5-3-4-6-27(26)30(35-34-29)33-18-25-17-32(25)7-9-38(10-8-32)20-31-14-22-11-23(15-31)13-24(12-22)16-31/h3-6,19,22-25H,7-18,20H2,1-2H3,(H,33,35). The SMILES string of the molecule is Cc1nn(C)cc1-c1nnc(NCC2CC23CCN(CC24CC5CC(CC(C5)C2)C4)CC3)c2ccccc12. The molecule has 2 aromatic heterocycles. The lowest BCUT2D eigenvalue weighted by Gasteiger charge is -2.58. The molecule has 1 spiro atoms. The summed E-state index contributed by atoms with van der Waals surface area (Å²) in [7, 11) is 1.96. The van der Waals surface area contributed by atoms with E-state index in [0.29, 0.717) is 10.8 Å². The fraction of sp³-hybridized carbons (Fsp3) is 0.656. The maximum atomic E-state index is 4.68. The first-order chi connectivity index (χ1) is 18.5. The Balaban J connectivity index is 0.912. The molecule has 3 aromatic rings. The highest BCUT2D eigenvalue weighted by Crippen LogP contribution is 2.62. The lowest BCUT2D eigenvalue weighted by Crippen LogP contribution is -2.52. The summed E-state index contributed by atoms with van der Waals surface area (Å²) >= 11 is 0. The summed E-state index contributed by atoms with van der Waals surface area (Å²) in [4.78, 5) is 2.87. The van der Waals surface area contributed by atoms with Gasteiger partial charge in [-0.3, -0.25) is 4.68 Å². The molecule has 1 N–H and O–H groups in total. The van der Waals surface area contributed by atoms with Crippen molar-refractivity contribution in [3.8, 4) is 11.3 Å². The van der Waals surface area contributed by atoms with Crippen LogP contribution in [0.25, 0.3) is 22.0 Å². The molecule has 6 heteroatoms. The maximum absolute atomic E-state index is 4.68. The highest BCUT2D eigenvalue weighted by molar-refractivity contribution is 6.00. The average Bonchev–Trinajstić information content (AvgIpc) is 3.46. The van der Waals surface area contributed by atoms with Crippen molar-refractivity contribution < 1.29 is 0 Å². The van der Waals surface area contributed by atoms with E-state index in [0.717, 1.165) is 63.8 Å². The van der Waals surface area contributed by atoms with Gasteiger partial charge in [-0.15, -0.1) is 10.2 Å². The van der Waals surface area contributed by atoms with Crippen LogP contribution in [0.2, 0.25) is 0 Å². The third-order valence-electron chi connectivity index (χ3n) is 11.4. The first-order valence-corrected chi connectivity index (χ1v) is 15.2. The van der Waals surface area contributed by atoms with Crippen LogP contribution in [0.1, 0.15) is 63.5 Å². The highest BCUT2D eigenvalue weighted by Gasteiger charge is 2.56. The molecule has 5 saturated carbocycles. The van der Waals surface area contributed by atoms with Gasteiger partial charge in [-0.05, 0) is 112 Å². The normalized spacial score (nSPS) is 33.3. The van der Waals surface area contributed by atoms with E-state index in [4.69, 9.17) is 0 Å². The van der Waals surface area contributed by atoms with Gasteiger partial charge in [-0.1, -0.05) is 24.3 Å². The Bertz CT molecular complexity index is 1330. The number of hydrogen-bond donors (Lipinski definition) is 1. The van der Waals surface area contributed by atoms with Gasteiger partial charge in [0.05, 0.1) is 5.69 Å². The van der Waals surface area contributed by atoms with Gasteiger partial charge in [0.25, 0.3) is 0 Å². The number of piperidine rings is 1. The molecule has 4 bridgehead atoms. The van der Waals surface area contributed by atoms with E-state index in [1.54, 1.807) is 38.5 Å². The quantitative estimate of drug-likeness (QED) is 0.436. The number of aryl methyl sites for hydroxylation is 2. The van der Waals surface area contributed by atoms with Crippen molar-refractivity contribution in [2.45, 2.75) is 64.7 Å². The van der Waals surface area contributed by atoms with Crippen LogP contribution in [0, 0.1) is 41.4 Å². The predicted molar refractivity (Wildman–Crippen MR) is 152 cm³/mol. The Kier molecular flexibility index (Phi) is 5.25. The second-order valence-corrected chi connectivity index (χ2v) is 14.1. The largest absolute Gasteiger partial charge is 0.368 e. The zero-order valence-electron chi connectivity index (χ0n) is 23.1. The molecule has 6 aliphatic rings. The average molecular weight is 511 g/mol. The molecule has 38 heavy (non-hydrogen) atoms. The summed E-state index contributed by atoms with van der Waals surface area (Å²) in [6, 6.07) is 8.53. The number of nitrogens with one attached hydrogen (secondary N) is 1. The fourth-order valence-corrected chi connectivity index (χ4v) is 9.93. The zero-order valence-corrected chi connectivity index (χ0v) is 23.1. The number of anilines is 1. The minimum atomic E-state index is 0.570. The van der Waals surface area contributed by atoms with Crippen LogP contribution < -0.4 is 5.32 Å². The Morgan fingerprint density at radius 1 is 0.921 bits per heavy atom. The van der Waals surface area contributed by atoms with Gasteiger partial charge in [0.15, 0.2) is 5.82 Å². The first-order valence-electron chi connectivity index (χ1n) is 15.2. The summed E-state index contributed by atoms with van der Waals surface area (Å²) in [5.74, 6) is 4.89. The van der Waals surface area contributed by atoms with Crippen LogP contribution in [-0.4, -0.2) is 51.1 Å². The lowest BCUT2D eigenvalue weighted by molar-refractivity contribution is -0.0731. The monoisotopic (exact) mass is 510 g/mol. The van der Waals surface area contributed by atoms with Gasteiger partial charge in [0.2, 0.25) is 0 Å². The molecule has 3 heterocycles. The van der Waals surface area contributed by atoms with E-state index >= 15 is 0 Å². The van der Waals surface area contributed by atoms with Crippen LogP contribution in [0.4, 0.5) is 5.82 Å². The van der Waals surface area contributed by atoms with Gasteiger partial charge >= 0.3 is 0 Å². The molecule has 1 aromatic carbocycles. The van der Waals surface area contributed by atoms with Crippen molar-refractivity contribution >= 4 is 16.6 Å². The van der Waals surface area contributed by atoms with Gasteiger partial charge < -0.3 is 10.2 Å². The molecule has 200 valence electrons. The molecule has 0 amide bonds. The van der Waals surface area contributed by atoms with Crippen molar-refractivity contribution in [2.24, 2.45) is 41.5 Å². The molecular formula is C32H42N6. The maximum Gasteiger partial charge on any atom is 0.156 e. The molecule has 1 saturated heterocycles. The third kappa shape index (κ3) is 3.89. The van der Waals surface area contributed by atoms with Gasteiger partial charge in [-0.25, -0.2) is 0 Å². The Hall–Kier alpha value is -2.47. The van der Waals surface area contributed by atoms with Crippen LogP contribution in [0.5, 0.6) is 0 Å². The van der Waals surface area contributed by atoms with Crippen LogP contribution in [0.15, 0.2) is 30.5 Å². The summed E-state index contributed by atoms with van der Waals surface area (Å²) < 4.78 is 1.86. The number of fused-ring (bicyclic) bond motifs is 1. The molecule has 6 fully saturated rings. The smallest absolute Gasteiger partial charge is 0.156 e. The number of aromatic nitrogens is 4. The summed E-state index contributed by atoms with van der Waals surface area (Å²) in [5.41, 5.74) is 4.22. The molecule has 1 atom stereocenters. The van der Waals surface area contributed by atoms with Crippen molar-refractivity contribution in [2.75, 3.05) is 31.5 Å². The van der Waals surface area contributed by atoms with E-state index in [-0.39, 0.29) is 0 Å². The molecule has 1 aliphatic heterocycles. The number of nitrogens with zero attached hydrogens (tertiary/aromatic N) is 5. The molecule has 5 aliphatic carbocycles. The molecule has 0 radical (unpaired) electrons. The Labute approximate surface area is 226 Å². The zero-order chi connectivity index (χ0) is 25.5. The van der Waals surface area contributed by atoms with Crippen LogP contribution in [0.3, 0.4) is 0 Å². The van der Waals surface area contributed by atoms with E-state index in [1.165, 1.54) is 38.9 Å². The van der Waals surface area contributed by atoms with Crippen molar-refractivity contribution in [1.82, 2.24) is 24.9 Å². The second-order valence-electron chi connectivity index (χ2n) is 14.1. The van der Waals surface area contributed by atoms with Crippen molar-refractivity contribution in [1.29, 1.82) is 0 Å². The van der Waals surface area contributed by atoms with Crippen LogP contribution in [-0.2, 0) is 7.05 Å². The second kappa shape index (κ2) is 8.51. The first kappa shape index (κ1) is 23.4. The van der Waals surface area contributed by atoms with Gasteiger partial charge in [0, 0.05) is 42.7 Å². The van der Waals surface area contributed by atoms with E-state index < -0.39 is 0 Å². The molecular weight excluding hydrogens is 468 g/mol. The highest BCUT2D eigenvalue weighted by atomic mass is 15.3. The van der Waals surface area contributed by atoms with E-state index in [9.17, 15) is 0 Å². The topological polar surface area (TPSA) is 58.9 Å². The predicted octanol–water partition coefficient (Wildman–Crippen LogP) is 6.07. The summed E-state index contributed by atoms with van der Waals surface area (Å²) in [6.07, 6.45) is 15.5. The summed E-state index contributed by atoms with van der Waals surface area (Å²) in [5, 5.41) is 19.9. The van der Waals surface area contributed by atoms with Gasteiger partial charge in [-0.2, -0.15) is 5.10 Å². The lowest BCUT2D eigenvalue weighted by atomic mass is 9.49.